The van der Waals surface area contributed by atoms with Crippen molar-refractivity contribution in [1.29, 1.82) is 0 Å². The van der Waals surface area contributed by atoms with Gasteiger partial charge in [-0.3, -0.25) is 9.59 Å². The molecule has 0 unspecified atom stereocenters. The highest BCUT2D eigenvalue weighted by atomic mass is 16.5. The molecule has 0 saturated carbocycles. The Hall–Kier alpha value is -4.79. The second-order valence-electron chi connectivity index (χ2n) is 8.01. The van der Waals surface area contributed by atoms with Crippen LogP contribution in [0, 0.1) is 0 Å². The Kier molecular flexibility index (Phi) is 7.15. The number of hydrogen-bond acceptors (Lipinski definition) is 7. The van der Waals surface area contributed by atoms with Gasteiger partial charge in [0.25, 0.3) is 11.7 Å². The lowest BCUT2D eigenvalue weighted by atomic mass is 10.0. The van der Waals surface area contributed by atoms with Gasteiger partial charge in [-0.15, -0.1) is 0 Å². The summed E-state index contributed by atoms with van der Waals surface area (Å²) in [6, 6.07) is 18.0. The molecule has 3 aromatic carbocycles. The molecule has 0 aliphatic rings. The van der Waals surface area contributed by atoms with Crippen LogP contribution in [0.15, 0.2) is 60.7 Å². The van der Waals surface area contributed by atoms with Gasteiger partial charge in [-0.2, -0.15) is 0 Å². The molecule has 0 bridgehead atoms. The quantitative estimate of drug-likeness (QED) is 0.215. The Labute approximate surface area is 213 Å². The minimum absolute atomic E-state index is 0.00426. The number of carbonyl (C=O) groups is 3. The first-order valence-corrected chi connectivity index (χ1v) is 11.3. The van der Waals surface area contributed by atoms with E-state index in [0.29, 0.717) is 11.1 Å². The topological polar surface area (TPSA) is 105 Å². The molecule has 4 rings (SSSR count). The van der Waals surface area contributed by atoms with E-state index in [1.807, 2.05) is 54.1 Å². The maximum Gasteiger partial charge on any atom is 0.340 e. The van der Waals surface area contributed by atoms with Gasteiger partial charge < -0.3 is 28.8 Å². The number of methoxy groups -OCH3 is 4. The molecular weight excluding hydrogens is 476 g/mol. The standard InChI is InChI=1S/C28H26N2O7/c1-30-19-14-10-9-13-17(19)21(23(30)16-11-7-6-8-12-16)24(31)27(32)29-22-18(28(33)37-5)15-20(34-2)25(35-3)26(22)36-4/h6-15H,1-5H3,(H,29,32). The number of aryl methyl sites for hydroxylation is 1. The Balaban J connectivity index is 1.87. The van der Waals surface area contributed by atoms with E-state index in [1.165, 1.54) is 34.5 Å². The molecule has 1 aromatic heterocycles. The number of nitrogens with one attached hydrogen (secondary N) is 1. The monoisotopic (exact) mass is 502 g/mol. The summed E-state index contributed by atoms with van der Waals surface area (Å²) in [7, 11) is 7.16. The number of nitrogens with zero attached hydrogens (tertiary/aromatic N) is 1. The number of ether oxygens (including phenoxy) is 4. The largest absolute Gasteiger partial charge is 0.493 e. The molecule has 1 amide bonds. The minimum atomic E-state index is -0.968. The van der Waals surface area contributed by atoms with Crippen LogP contribution in [0.25, 0.3) is 22.2 Å². The van der Waals surface area contributed by atoms with Crippen LogP contribution in [0.3, 0.4) is 0 Å². The molecule has 0 aliphatic carbocycles. The summed E-state index contributed by atoms with van der Waals surface area (Å²) in [5, 5.41) is 3.18. The number of amides is 1. The summed E-state index contributed by atoms with van der Waals surface area (Å²) in [6.07, 6.45) is 0. The number of Topliss-reactive ketones (excluding diaryl/α,β-unsaturated/α-hetero) is 1. The molecule has 9 nitrogen and oxygen atoms in total. The fourth-order valence-corrected chi connectivity index (χ4v) is 4.39. The molecule has 1 N–H and O–H groups in total. The van der Waals surface area contributed by atoms with E-state index in [1.54, 1.807) is 12.1 Å². The Morgan fingerprint density at radius 2 is 1.46 bits per heavy atom. The molecule has 0 spiro atoms. The number of para-hydroxylation sites is 1. The SMILES string of the molecule is COC(=O)c1cc(OC)c(OC)c(OC)c1NC(=O)C(=O)c1c(-c2ccccc2)n(C)c2ccccc12. The molecule has 9 heteroatoms. The van der Waals surface area contributed by atoms with Crippen LogP contribution in [0.5, 0.6) is 17.2 Å². The molecule has 0 radical (unpaired) electrons. The van der Waals surface area contributed by atoms with E-state index in [-0.39, 0.29) is 34.1 Å². The molecular formula is C28H26N2O7. The van der Waals surface area contributed by atoms with Crippen LogP contribution < -0.4 is 19.5 Å². The third kappa shape index (κ3) is 4.35. The van der Waals surface area contributed by atoms with E-state index in [0.717, 1.165) is 11.1 Å². The van der Waals surface area contributed by atoms with E-state index in [2.05, 4.69) is 5.32 Å². The summed E-state index contributed by atoms with van der Waals surface area (Å²) >= 11 is 0. The zero-order valence-electron chi connectivity index (χ0n) is 21.1. The molecule has 1 heterocycles. The van der Waals surface area contributed by atoms with Crippen molar-refractivity contribution in [2.45, 2.75) is 0 Å². The first-order valence-electron chi connectivity index (χ1n) is 11.3. The molecule has 37 heavy (non-hydrogen) atoms. The smallest absolute Gasteiger partial charge is 0.340 e. The van der Waals surface area contributed by atoms with E-state index in [4.69, 9.17) is 18.9 Å². The number of anilines is 1. The number of benzene rings is 3. The third-order valence-electron chi connectivity index (χ3n) is 6.06. The molecule has 190 valence electrons. The van der Waals surface area contributed by atoms with Crippen molar-refractivity contribution >= 4 is 34.3 Å². The van der Waals surface area contributed by atoms with Gasteiger partial charge in [-0.1, -0.05) is 48.5 Å². The normalized spacial score (nSPS) is 10.6. The molecule has 4 aromatic rings. The number of rotatable bonds is 8. The lowest BCUT2D eigenvalue weighted by molar-refractivity contribution is -0.112. The van der Waals surface area contributed by atoms with Crippen molar-refractivity contribution in [1.82, 2.24) is 4.57 Å². The maximum absolute atomic E-state index is 13.8. The fourth-order valence-electron chi connectivity index (χ4n) is 4.39. The first-order chi connectivity index (χ1) is 17.9. The number of hydrogen-bond donors (Lipinski definition) is 1. The number of ketones is 1. The lowest BCUT2D eigenvalue weighted by Gasteiger charge is -2.19. The number of esters is 1. The van der Waals surface area contributed by atoms with E-state index >= 15 is 0 Å². The van der Waals surface area contributed by atoms with Gasteiger partial charge in [0.15, 0.2) is 11.5 Å². The number of fused-ring (bicyclic) bond motifs is 1. The lowest BCUT2D eigenvalue weighted by Crippen LogP contribution is -2.25. The number of carbonyl (C=O) groups excluding carboxylic acids is 3. The van der Waals surface area contributed by atoms with Gasteiger partial charge in [0.05, 0.1) is 45.3 Å². The van der Waals surface area contributed by atoms with Gasteiger partial charge in [0, 0.05) is 24.0 Å². The Morgan fingerprint density at radius 1 is 0.811 bits per heavy atom. The highest BCUT2D eigenvalue weighted by molar-refractivity contribution is 6.50. The fraction of sp³-hybridized carbons (Fsp3) is 0.179. The van der Waals surface area contributed by atoms with Crippen molar-refractivity contribution in [3.63, 3.8) is 0 Å². The minimum Gasteiger partial charge on any atom is -0.493 e. The zero-order valence-corrected chi connectivity index (χ0v) is 21.1. The van der Waals surface area contributed by atoms with Crippen molar-refractivity contribution < 1.29 is 33.3 Å². The zero-order chi connectivity index (χ0) is 26.7. The highest BCUT2D eigenvalue weighted by Gasteiger charge is 2.31. The summed E-state index contributed by atoms with van der Waals surface area (Å²) in [5.41, 5.74) is 2.24. The van der Waals surface area contributed by atoms with Crippen molar-refractivity contribution in [2.24, 2.45) is 7.05 Å². The van der Waals surface area contributed by atoms with Gasteiger partial charge in [-0.25, -0.2) is 4.79 Å². The van der Waals surface area contributed by atoms with Crippen molar-refractivity contribution in [3.8, 4) is 28.5 Å². The summed E-state index contributed by atoms with van der Waals surface area (Å²) in [5.74, 6) is -2.20. The van der Waals surface area contributed by atoms with Crippen LogP contribution in [-0.4, -0.2) is 50.7 Å². The van der Waals surface area contributed by atoms with Crippen LogP contribution in [-0.2, 0) is 16.6 Å². The van der Waals surface area contributed by atoms with Gasteiger partial charge in [0.2, 0.25) is 5.75 Å². The molecule has 0 aliphatic heterocycles. The Bertz CT molecular complexity index is 1510. The predicted octanol–water partition coefficient (Wildman–Crippen LogP) is 4.48. The molecule has 0 fully saturated rings. The maximum atomic E-state index is 13.8. The Morgan fingerprint density at radius 3 is 2.08 bits per heavy atom. The number of aromatic nitrogens is 1. The second kappa shape index (κ2) is 10.4. The van der Waals surface area contributed by atoms with E-state index in [9.17, 15) is 14.4 Å². The van der Waals surface area contributed by atoms with Gasteiger partial charge >= 0.3 is 5.97 Å². The van der Waals surface area contributed by atoms with Crippen LogP contribution in [0.1, 0.15) is 20.7 Å². The molecule has 0 atom stereocenters. The predicted molar refractivity (Wildman–Crippen MR) is 139 cm³/mol. The van der Waals surface area contributed by atoms with Crippen molar-refractivity contribution in [3.05, 3.63) is 71.8 Å². The third-order valence-corrected chi connectivity index (χ3v) is 6.06. The molecule has 0 saturated heterocycles. The summed E-state index contributed by atoms with van der Waals surface area (Å²) in [4.78, 5) is 39.8. The van der Waals surface area contributed by atoms with E-state index < -0.39 is 17.7 Å². The van der Waals surface area contributed by atoms with Gasteiger partial charge in [0.1, 0.15) is 5.69 Å². The van der Waals surface area contributed by atoms with Gasteiger partial charge in [-0.05, 0) is 11.6 Å². The highest BCUT2D eigenvalue weighted by Crippen LogP contribution is 2.45. The average Bonchev–Trinajstić information content (AvgIpc) is 3.24. The van der Waals surface area contributed by atoms with Crippen LogP contribution in [0.2, 0.25) is 0 Å². The summed E-state index contributed by atoms with van der Waals surface area (Å²) < 4.78 is 22.9. The van der Waals surface area contributed by atoms with Crippen molar-refractivity contribution in [2.75, 3.05) is 33.8 Å². The van der Waals surface area contributed by atoms with Crippen LogP contribution in [0.4, 0.5) is 5.69 Å². The average molecular weight is 503 g/mol. The van der Waals surface area contributed by atoms with Crippen LogP contribution >= 0.6 is 0 Å². The first kappa shape index (κ1) is 25.3. The second-order valence-corrected chi connectivity index (χ2v) is 8.01. The summed E-state index contributed by atoms with van der Waals surface area (Å²) in [6.45, 7) is 0.